The van der Waals surface area contributed by atoms with Crippen molar-refractivity contribution in [1.82, 2.24) is 0 Å². The van der Waals surface area contributed by atoms with Gasteiger partial charge in [-0.25, -0.2) is 0 Å². The monoisotopic (exact) mass is 396 g/mol. The zero-order valence-electron chi connectivity index (χ0n) is 17.5. The highest BCUT2D eigenvalue weighted by Crippen LogP contribution is 2.53. The van der Waals surface area contributed by atoms with Crippen LogP contribution in [0.25, 0.3) is 0 Å². The Morgan fingerprint density at radius 2 is 1.73 bits per heavy atom. The Bertz CT molecular complexity index is 726. The number of rotatable bonds is 9. The van der Waals surface area contributed by atoms with E-state index in [-0.39, 0.29) is 9.93 Å². The molecule has 148 valence electrons. The predicted octanol–water partition coefficient (Wildman–Crippen LogP) is 5.72. The number of hydrogen-bond donors (Lipinski definition) is 1. The first kappa shape index (κ1) is 23.1. The van der Waals surface area contributed by atoms with Crippen molar-refractivity contribution in [2.45, 2.75) is 88.7 Å². The van der Waals surface area contributed by atoms with E-state index in [2.05, 4.69) is 55.0 Å². The molecule has 1 rings (SSSR count). The minimum atomic E-state index is -4.32. The maximum atomic E-state index is 12.5. The summed E-state index contributed by atoms with van der Waals surface area (Å²) in [5.41, 5.74) is 1.32. The molecule has 0 unspecified atom stereocenters. The lowest BCUT2D eigenvalue weighted by molar-refractivity contribution is 0.482. The maximum Gasteiger partial charge on any atom is 0.294 e. The highest BCUT2D eigenvalue weighted by molar-refractivity contribution is 7.86. The van der Waals surface area contributed by atoms with Gasteiger partial charge in [0.2, 0.25) is 0 Å². The summed E-state index contributed by atoms with van der Waals surface area (Å²) in [7, 11) is -6.69. The van der Waals surface area contributed by atoms with Gasteiger partial charge in [0.15, 0.2) is 0 Å². The van der Waals surface area contributed by atoms with E-state index >= 15 is 0 Å². The summed E-state index contributed by atoms with van der Waals surface area (Å²) in [6, 6.07) is 5.69. The van der Waals surface area contributed by atoms with Crippen LogP contribution in [-0.4, -0.2) is 21.0 Å². The average Bonchev–Trinajstić information content (AvgIpc) is 2.45. The molecule has 26 heavy (non-hydrogen) atoms. The van der Waals surface area contributed by atoms with E-state index in [4.69, 9.17) is 0 Å². The number of allylic oxidation sites excluding steroid dienone is 1. The predicted molar refractivity (Wildman–Crippen MR) is 115 cm³/mol. The first-order chi connectivity index (χ1) is 11.9. The highest BCUT2D eigenvalue weighted by atomic mass is 32.2. The van der Waals surface area contributed by atoms with Crippen molar-refractivity contribution < 1.29 is 13.0 Å². The van der Waals surface area contributed by atoms with Crippen LogP contribution in [0.1, 0.15) is 66.9 Å². The molecule has 1 aromatic rings. The Labute approximate surface area is 161 Å². The molecule has 0 aromatic heterocycles. The lowest BCUT2D eigenvalue weighted by Gasteiger charge is -2.52. The maximum absolute atomic E-state index is 12.5. The van der Waals surface area contributed by atoms with Crippen molar-refractivity contribution in [3.63, 3.8) is 0 Å². The van der Waals surface area contributed by atoms with Gasteiger partial charge < -0.3 is 0 Å². The standard InChI is InChI=1S/C21H36O3SSi/c1-9-12-18-13-11-14-19(20(18)25(22,23)24)26(16(3)4,17(5)6)21(7,8)15-10-2/h9,11,13-14,16-17H,1,10,12,15H2,2-8H3,(H,22,23,24). The zero-order chi connectivity index (χ0) is 20.3. The second-order valence-corrected chi connectivity index (χ2v) is 15.9. The molecule has 1 aromatic carbocycles. The Kier molecular flexibility index (Phi) is 7.47. The zero-order valence-corrected chi connectivity index (χ0v) is 19.3. The van der Waals surface area contributed by atoms with Crippen LogP contribution in [0.3, 0.4) is 0 Å². The molecule has 1 N–H and O–H groups in total. The lowest BCUT2D eigenvalue weighted by Crippen LogP contribution is -2.61. The van der Waals surface area contributed by atoms with E-state index in [0.717, 1.165) is 18.0 Å². The molecule has 0 atom stereocenters. The van der Waals surface area contributed by atoms with Gasteiger partial charge in [-0.2, -0.15) is 8.42 Å². The molecule has 0 saturated carbocycles. The molecule has 5 heteroatoms. The average molecular weight is 397 g/mol. The van der Waals surface area contributed by atoms with Crippen molar-refractivity contribution in [2.24, 2.45) is 0 Å². The molecule has 3 nitrogen and oxygen atoms in total. The van der Waals surface area contributed by atoms with Gasteiger partial charge in [-0.05, 0) is 33.3 Å². The molecular formula is C21H36O3SSi. The second kappa shape index (κ2) is 8.40. The lowest BCUT2D eigenvalue weighted by atomic mass is 10.1. The van der Waals surface area contributed by atoms with Gasteiger partial charge in [0.25, 0.3) is 10.1 Å². The minimum Gasteiger partial charge on any atom is -0.282 e. The van der Waals surface area contributed by atoms with Crippen molar-refractivity contribution in [3.05, 3.63) is 36.4 Å². The molecular weight excluding hydrogens is 360 g/mol. The van der Waals surface area contributed by atoms with Crippen LogP contribution in [0.4, 0.5) is 0 Å². The minimum absolute atomic E-state index is 0.00365. The van der Waals surface area contributed by atoms with Crippen LogP contribution >= 0.6 is 0 Å². The molecule has 0 saturated heterocycles. The van der Waals surface area contributed by atoms with Crippen molar-refractivity contribution >= 4 is 23.4 Å². The summed E-state index contributed by atoms with van der Waals surface area (Å²) in [6.07, 6.45) is 4.21. The molecule has 0 spiro atoms. The largest absolute Gasteiger partial charge is 0.294 e. The summed E-state index contributed by atoms with van der Waals surface area (Å²) < 4.78 is 35.1. The van der Waals surface area contributed by atoms with Crippen LogP contribution < -0.4 is 5.19 Å². The van der Waals surface area contributed by atoms with Crippen molar-refractivity contribution in [1.29, 1.82) is 0 Å². The van der Waals surface area contributed by atoms with Gasteiger partial charge in [-0.15, -0.1) is 6.58 Å². The first-order valence-electron chi connectivity index (χ1n) is 9.58. The van der Waals surface area contributed by atoms with Gasteiger partial charge in [0.1, 0.15) is 0 Å². The molecule has 0 fully saturated rings. The summed E-state index contributed by atoms with van der Waals surface area (Å²) in [6.45, 7) is 19.4. The van der Waals surface area contributed by atoms with Gasteiger partial charge in [0.05, 0.1) is 13.0 Å². The molecule has 0 aliphatic rings. The fourth-order valence-electron chi connectivity index (χ4n) is 5.58. The molecule has 0 aliphatic heterocycles. The topological polar surface area (TPSA) is 54.4 Å². The molecule has 0 radical (unpaired) electrons. The van der Waals surface area contributed by atoms with Crippen LogP contribution in [0.15, 0.2) is 35.7 Å². The third kappa shape index (κ3) is 4.00. The summed E-state index contributed by atoms with van der Waals surface area (Å²) in [5, 5.41) is 0.874. The number of benzene rings is 1. The van der Waals surface area contributed by atoms with E-state index in [1.54, 1.807) is 12.1 Å². The fourth-order valence-corrected chi connectivity index (χ4v) is 15.3. The Morgan fingerprint density at radius 1 is 1.19 bits per heavy atom. The van der Waals surface area contributed by atoms with Gasteiger partial charge >= 0.3 is 0 Å². The summed E-state index contributed by atoms with van der Waals surface area (Å²) in [5.74, 6) is 0. The van der Waals surface area contributed by atoms with E-state index in [1.165, 1.54) is 0 Å². The number of hydrogen-bond acceptors (Lipinski definition) is 2. The summed E-state index contributed by atoms with van der Waals surface area (Å²) in [4.78, 5) is 0.137. The van der Waals surface area contributed by atoms with E-state index in [0.29, 0.717) is 23.1 Å². The SMILES string of the molecule is C=CCc1cccc([Si](C(C)C)(C(C)C)C(C)(C)CCC)c1S(=O)(=O)O. The molecule has 0 aliphatic carbocycles. The second-order valence-electron chi connectivity index (χ2n) is 8.57. The van der Waals surface area contributed by atoms with Crippen molar-refractivity contribution in [3.8, 4) is 0 Å². The van der Waals surface area contributed by atoms with Gasteiger partial charge in [0, 0.05) is 0 Å². The van der Waals surface area contributed by atoms with Gasteiger partial charge in [-0.1, -0.05) is 85.6 Å². The van der Waals surface area contributed by atoms with E-state index < -0.39 is 18.2 Å². The Morgan fingerprint density at radius 3 is 2.12 bits per heavy atom. The smallest absolute Gasteiger partial charge is 0.282 e. The molecule has 0 bridgehead atoms. The first-order valence-corrected chi connectivity index (χ1v) is 13.2. The van der Waals surface area contributed by atoms with Gasteiger partial charge in [-0.3, -0.25) is 4.55 Å². The third-order valence-corrected chi connectivity index (χ3v) is 14.6. The normalized spacial score (nSPS) is 13.5. The Balaban J connectivity index is 4.07. The highest BCUT2D eigenvalue weighted by Gasteiger charge is 2.54. The summed E-state index contributed by atoms with van der Waals surface area (Å²) >= 11 is 0. The van der Waals surface area contributed by atoms with Crippen LogP contribution in [0, 0.1) is 0 Å². The molecule has 0 amide bonds. The third-order valence-electron chi connectivity index (χ3n) is 5.98. The quantitative estimate of drug-likeness (QED) is 0.330. The van der Waals surface area contributed by atoms with Crippen LogP contribution in [0.5, 0.6) is 0 Å². The van der Waals surface area contributed by atoms with Crippen LogP contribution in [-0.2, 0) is 16.5 Å². The fraction of sp³-hybridized carbons (Fsp3) is 0.619. The Hall–Kier alpha value is -0.913. The molecule has 0 heterocycles. The van der Waals surface area contributed by atoms with E-state index in [1.807, 2.05) is 12.1 Å². The van der Waals surface area contributed by atoms with E-state index in [9.17, 15) is 13.0 Å². The van der Waals surface area contributed by atoms with Crippen molar-refractivity contribution in [2.75, 3.05) is 0 Å². The van der Waals surface area contributed by atoms with Crippen LogP contribution in [0.2, 0.25) is 16.1 Å².